The van der Waals surface area contributed by atoms with E-state index in [0.29, 0.717) is 0 Å². The molecule has 0 amide bonds. The van der Waals surface area contributed by atoms with E-state index in [2.05, 4.69) is 12.1 Å². The van der Waals surface area contributed by atoms with Crippen LogP contribution in [0.15, 0.2) is 30.3 Å². The molecule has 46 valence electrons. The van der Waals surface area contributed by atoms with E-state index in [1.165, 1.54) is 5.19 Å². The van der Waals surface area contributed by atoms with Crippen molar-refractivity contribution >= 4 is 26.3 Å². The van der Waals surface area contributed by atoms with Crippen LogP contribution in [0.1, 0.15) is 0 Å². The first-order valence-electron chi connectivity index (χ1n) is 2.78. The Balaban J connectivity index is 2.61. The number of hydrogen-bond acceptors (Lipinski definition) is 0. The molecule has 1 aromatic carbocycles. The molecule has 0 fully saturated rings. The SMILES string of the molecule is ClC[Si]c1ccccc1. The molecule has 0 saturated heterocycles. The van der Waals surface area contributed by atoms with Crippen LogP contribution >= 0.6 is 11.6 Å². The fourth-order valence-corrected chi connectivity index (χ4v) is 1.68. The molecule has 0 aliphatic carbocycles. The van der Waals surface area contributed by atoms with E-state index in [-0.39, 0.29) is 0 Å². The quantitative estimate of drug-likeness (QED) is 0.444. The predicted octanol–water partition coefficient (Wildman–Crippen LogP) is 1.21. The van der Waals surface area contributed by atoms with Gasteiger partial charge in [0.2, 0.25) is 0 Å². The summed E-state index contributed by atoms with van der Waals surface area (Å²) >= 11 is 5.55. The first-order chi connectivity index (χ1) is 4.43. The van der Waals surface area contributed by atoms with Crippen LogP contribution in [0.25, 0.3) is 0 Å². The zero-order valence-corrected chi connectivity index (χ0v) is 6.73. The summed E-state index contributed by atoms with van der Waals surface area (Å²) in [4.78, 5) is 0. The van der Waals surface area contributed by atoms with Gasteiger partial charge in [-0.3, -0.25) is 0 Å². The number of alkyl halides is 1. The van der Waals surface area contributed by atoms with Crippen molar-refractivity contribution in [2.75, 3.05) is 5.50 Å². The maximum Gasteiger partial charge on any atom is 0.0988 e. The zero-order valence-electron chi connectivity index (χ0n) is 4.97. The van der Waals surface area contributed by atoms with Crippen LogP contribution in [0.5, 0.6) is 0 Å². The molecular weight excluding hydrogens is 148 g/mol. The molecule has 0 aliphatic heterocycles. The molecule has 0 aromatic heterocycles. The van der Waals surface area contributed by atoms with Gasteiger partial charge in [-0.05, 0) is 0 Å². The second-order valence-corrected chi connectivity index (χ2v) is 3.68. The van der Waals surface area contributed by atoms with Gasteiger partial charge < -0.3 is 0 Å². The molecule has 0 spiro atoms. The van der Waals surface area contributed by atoms with Crippen LogP contribution in [-0.4, -0.2) is 15.0 Å². The molecule has 1 rings (SSSR count). The maximum atomic E-state index is 5.55. The first kappa shape index (κ1) is 6.84. The van der Waals surface area contributed by atoms with Gasteiger partial charge in [-0.25, -0.2) is 0 Å². The highest BCUT2D eigenvalue weighted by molar-refractivity contribution is 6.62. The fraction of sp³-hybridized carbons (Fsp3) is 0.143. The molecule has 2 radical (unpaired) electrons. The Bertz CT molecular complexity index is 162. The van der Waals surface area contributed by atoms with E-state index in [1.807, 2.05) is 18.2 Å². The molecule has 1 aromatic rings. The fourth-order valence-electron chi connectivity index (χ4n) is 0.633. The van der Waals surface area contributed by atoms with Gasteiger partial charge in [0.25, 0.3) is 0 Å². The number of hydrogen-bond donors (Lipinski definition) is 0. The minimum absolute atomic E-state index is 0.740. The van der Waals surface area contributed by atoms with E-state index >= 15 is 0 Å². The van der Waals surface area contributed by atoms with Gasteiger partial charge in [0.1, 0.15) is 0 Å². The van der Waals surface area contributed by atoms with Gasteiger partial charge in [0.05, 0.1) is 9.52 Å². The van der Waals surface area contributed by atoms with Crippen LogP contribution in [-0.2, 0) is 0 Å². The van der Waals surface area contributed by atoms with E-state index in [9.17, 15) is 0 Å². The van der Waals surface area contributed by atoms with E-state index in [0.717, 1.165) is 15.0 Å². The van der Waals surface area contributed by atoms with E-state index in [4.69, 9.17) is 11.6 Å². The number of rotatable bonds is 2. The molecule has 2 heteroatoms. The van der Waals surface area contributed by atoms with Gasteiger partial charge >= 0.3 is 0 Å². The minimum Gasteiger partial charge on any atom is -0.130 e. The van der Waals surface area contributed by atoms with Crippen molar-refractivity contribution in [2.45, 2.75) is 0 Å². The molecule has 0 saturated carbocycles. The molecule has 0 unspecified atom stereocenters. The zero-order chi connectivity index (χ0) is 6.53. The van der Waals surface area contributed by atoms with Crippen molar-refractivity contribution in [3.8, 4) is 0 Å². The summed E-state index contributed by atoms with van der Waals surface area (Å²) in [6, 6.07) is 10.3. The van der Waals surface area contributed by atoms with Crippen LogP contribution in [0, 0.1) is 0 Å². The molecule has 0 atom stereocenters. The van der Waals surface area contributed by atoms with Crippen LogP contribution in [0.3, 0.4) is 0 Å². The van der Waals surface area contributed by atoms with Gasteiger partial charge in [-0.2, -0.15) is 0 Å². The smallest absolute Gasteiger partial charge is 0.0988 e. The lowest BCUT2D eigenvalue weighted by Gasteiger charge is -1.91. The second-order valence-electron chi connectivity index (χ2n) is 1.68. The Morgan fingerprint density at radius 2 is 1.89 bits per heavy atom. The normalized spacial score (nSPS) is 9.44. The molecule has 0 bridgehead atoms. The topological polar surface area (TPSA) is 0 Å². The lowest BCUT2D eigenvalue weighted by atomic mass is 10.4. The van der Waals surface area contributed by atoms with Crippen LogP contribution in [0.4, 0.5) is 0 Å². The van der Waals surface area contributed by atoms with Crippen LogP contribution < -0.4 is 5.19 Å². The molecule has 9 heavy (non-hydrogen) atoms. The molecule has 0 nitrogen and oxygen atoms in total. The van der Waals surface area contributed by atoms with Crippen molar-refractivity contribution in [1.29, 1.82) is 0 Å². The standard InChI is InChI=1S/C7H7ClSi/c8-6-9-7-4-2-1-3-5-7/h1-5H,6H2. The summed E-state index contributed by atoms with van der Waals surface area (Å²) in [5, 5.41) is 1.34. The number of benzene rings is 1. The highest BCUT2D eigenvalue weighted by atomic mass is 35.5. The first-order valence-corrected chi connectivity index (χ1v) is 4.52. The van der Waals surface area contributed by atoms with Gasteiger partial charge in [-0.1, -0.05) is 35.5 Å². The van der Waals surface area contributed by atoms with Gasteiger partial charge in [-0.15, -0.1) is 11.6 Å². The lowest BCUT2D eigenvalue weighted by molar-refractivity contribution is 1.76. The van der Waals surface area contributed by atoms with Crippen molar-refractivity contribution in [2.24, 2.45) is 0 Å². The molecule has 0 aliphatic rings. The average molecular weight is 155 g/mol. The molecule has 0 N–H and O–H groups in total. The Hall–Kier alpha value is -0.273. The minimum atomic E-state index is 0.740. The number of halogens is 1. The molecular formula is C7H7ClSi. The van der Waals surface area contributed by atoms with Gasteiger partial charge in [0, 0.05) is 5.50 Å². The van der Waals surface area contributed by atoms with E-state index < -0.39 is 0 Å². The maximum absolute atomic E-state index is 5.55. The monoisotopic (exact) mass is 154 g/mol. The summed E-state index contributed by atoms with van der Waals surface area (Å²) in [7, 11) is 0.753. The predicted molar refractivity (Wildman–Crippen MR) is 42.6 cm³/mol. The van der Waals surface area contributed by atoms with Crippen molar-refractivity contribution in [1.82, 2.24) is 0 Å². The third-order valence-corrected chi connectivity index (χ3v) is 2.32. The Labute approximate surface area is 62.7 Å². The van der Waals surface area contributed by atoms with Crippen molar-refractivity contribution in [3.63, 3.8) is 0 Å². The summed E-state index contributed by atoms with van der Waals surface area (Å²) in [6.07, 6.45) is 0. The summed E-state index contributed by atoms with van der Waals surface area (Å²) < 4.78 is 0. The molecule has 0 heterocycles. The van der Waals surface area contributed by atoms with Gasteiger partial charge in [0.15, 0.2) is 0 Å². The Morgan fingerprint density at radius 1 is 1.22 bits per heavy atom. The third kappa shape index (κ3) is 2.20. The second kappa shape index (κ2) is 3.70. The largest absolute Gasteiger partial charge is 0.130 e. The highest BCUT2D eigenvalue weighted by Gasteiger charge is 1.87. The summed E-state index contributed by atoms with van der Waals surface area (Å²) in [5.74, 6) is 0. The average Bonchev–Trinajstić information content (AvgIpc) is 1.91. The Kier molecular flexibility index (Phi) is 2.81. The third-order valence-electron chi connectivity index (χ3n) is 1.04. The van der Waals surface area contributed by atoms with Crippen LogP contribution in [0.2, 0.25) is 0 Å². The summed E-state index contributed by atoms with van der Waals surface area (Å²) in [5.41, 5.74) is 0.740. The van der Waals surface area contributed by atoms with Crippen molar-refractivity contribution < 1.29 is 0 Å². The Morgan fingerprint density at radius 3 is 2.44 bits per heavy atom. The van der Waals surface area contributed by atoms with E-state index in [1.54, 1.807) is 0 Å². The van der Waals surface area contributed by atoms with Crippen molar-refractivity contribution in [3.05, 3.63) is 30.3 Å². The lowest BCUT2D eigenvalue weighted by Crippen LogP contribution is -2.13. The summed E-state index contributed by atoms with van der Waals surface area (Å²) in [6.45, 7) is 0. The highest BCUT2D eigenvalue weighted by Crippen LogP contribution is 1.81.